The molecule has 1 N–H and O–H groups in total. The fraction of sp³-hybridized carbons (Fsp3) is 0.231. The fourth-order valence-electron chi connectivity index (χ4n) is 3.23. The van der Waals surface area contributed by atoms with Crippen LogP contribution in [0.3, 0.4) is 0 Å². The van der Waals surface area contributed by atoms with E-state index in [4.69, 9.17) is 9.47 Å². The van der Waals surface area contributed by atoms with Crippen molar-refractivity contribution < 1.29 is 19.1 Å². The van der Waals surface area contributed by atoms with Gasteiger partial charge in [0.25, 0.3) is 0 Å². The summed E-state index contributed by atoms with van der Waals surface area (Å²) in [5, 5.41) is 2.85. The third-order valence-corrected chi connectivity index (χ3v) is 5.03. The van der Waals surface area contributed by atoms with Gasteiger partial charge in [-0.25, -0.2) is 0 Å². The zero-order chi connectivity index (χ0) is 22.1. The van der Waals surface area contributed by atoms with Gasteiger partial charge in [-0.05, 0) is 42.2 Å². The highest BCUT2D eigenvalue weighted by Crippen LogP contribution is 2.29. The Hall–Kier alpha value is -3.60. The van der Waals surface area contributed by atoms with E-state index in [2.05, 4.69) is 5.32 Å². The molecule has 0 saturated carbocycles. The molecule has 1 atom stereocenters. The van der Waals surface area contributed by atoms with Gasteiger partial charge in [0.15, 0.2) is 11.5 Å². The van der Waals surface area contributed by atoms with E-state index >= 15 is 0 Å². The van der Waals surface area contributed by atoms with Crippen molar-refractivity contribution in [3.8, 4) is 11.5 Å². The zero-order valence-electron chi connectivity index (χ0n) is 17.8. The Morgan fingerprint density at radius 2 is 1.71 bits per heavy atom. The van der Waals surface area contributed by atoms with Crippen LogP contribution in [-0.4, -0.2) is 25.8 Å². The Morgan fingerprint density at radius 1 is 0.968 bits per heavy atom. The summed E-state index contributed by atoms with van der Waals surface area (Å²) >= 11 is 0. The highest BCUT2D eigenvalue weighted by atomic mass is 16.5. The Labute approximate surface area is 183 Å². The van der Waals surface area contributed by atoms with E-state index in [0.29, 0.717) is 42.9 Å². The highest BCUT2D eigenvalue weighted by molar-refractivity contribution is 5.97. The number of methoxy groups -OCH3 is 1. The van der Waals surface area contributed by atoms with Gasteiger partial charge in [0.1, 0.15) is 18.8 Å². The normalized spacial score (nSPS) is 11.4. The first-order valence-corrected chi connectivity index (χ1v) is 10.2. The van der Waals surface area contributed by atoms with Gasteiger partial charge in [-0.15, -0.1) is 0 Å². The standard InChI is InChI=1S/C26H27NO4/c1-19-8-11-22(12-9-19)23(17-28)26(29)27-15-14-20-10-13-24(25(16-20)30-2)31-18-21-6-4-3-5-7-21/h3-13,16-17,23H,14-15,18H2,1-2H3,(H,27,29). The summed E-state index contributed by atoms with van der Waals surface area (Å²) in [6.07, 6.45) is 1.29. The third kappa shape index (κ3) is 6.19. The van der Waals surface area contributed by atoms with Crippen molar-refractivity contribution in [2.45, 2.75) is 25.9 Å². The van der Waals surface area contributed by atoms with Crippen LogP contribution in [0.15, 0.2) is 72.8 Å². The summed E-state index contributed by atoms with van der Waals surface area (Å²) in [6, 6.07) is 23.1. The number of hydrogen-bond acceptors (Lipinski definition) is 4. The minimum absolute atomic E-state index is 0.298. The number of carbonyl (C=O) groups is 2. The first-order chi connectivity index (χ1) is 15.1. The lowest BCUT2D eigenvalue weighted by Crippen LogP contribution is -2.31. The lowest BCUT2D eigenvalue weighted by Gasteiger charge is -2.14. The van der Waals surface area contributed by atoms with E-state index in [1.54, 1.807) is 7.11 Å². The average Bonchev–Trinajstić information content (AvgIpc) is 2.80. The molecular weight excluding hydrogens is 390 g/mol. The number of benzene rings is 3. The average molecular weight is 418 g/mol. The smallest absolute Gasteiger partial charge is 0.234 e. The number of carbonyl (C=O) groups excluding carboxylic acids is 2. The van der Waals surface area contributed by atoms with E-state index in [9.17, 15) is 9.59 Å². The van der Waals surface area contributed by atoms with Crippen LogP contribution >= 0.6 is 0 Å². The van der Waals surface area contributed by atoms with Crippen molar-refractivity contribution in [3.05, 3.63) is 95.1 Å². The van der Waals surface area contributed by atoms with Gasteiger partial charge < -0.3 is 19.6 Å². The van der Waals surface area contributed by atoms with Gasteiger partial charge in [-0.3, -0.25) is 4.79 Å². The van der Waals surface area contributed by atoms with Crippen molar-refractivity contribution in [3.63, 3.8) is 0 Å². The van der Waals surface area contributed by atoms with Crippen LogP contribution < -0.4 is 14.8 Å². The second-order valence-electron chi connectivity index (χ2n) is 7.32. The second-order valence-corrected chi connectivity index (χ2v) is 7.32. The van der Waals surface area contributed by atoms with Crippen LogP contribution in [0, 0.1) is 6.92 Å². The minimum Gasteiger partial charge on any atom is -0.493 e. The topological polar surface area (TPSA) is 64.6 Å². The lowest BCUT2D eigenvalue weighted by molar-refractivity contribution is -0.125. The van der Waals surface area contributed by atoms with Crippen molar-refractivity contribution in [2.75, 3.05) is 13.7 Å². The number of amides is 1. The van der Waals surface area contributed by atoms with E-state index in [0.717, 1.165) is 16.7 Å². The molecule has 3 rings (SSSR count). The number of nitrogens with one attached hydrogen (secondary N) is 1. The quantitative estimate of drug-likeness (QED) is 0.396. The molecule has 0 saturated heterocycles. The Kier molecular flexibility index (Phi) is 7.82. The van der Waals surface area contributed by atoms with E-state index in [-0.39, 0.29) is 5.91 Å². The molecular formula is C26H27NO4. The Bertz CT molecular complexity index is 1000. The summed E-state index contributed by atoms with van der Waals surface area (Å²) in [6.45, 7) is 2.84. The van der Waals surface area contributed by atoms with Crippen LogP contribution in [0.2, 0.25) is 0 Å². The fourth-order valence-corrected chi connectivity index (χ4v) is 3.23. The van der Waals surface area contributed by atoms with Crippen molar-refractivity contribution in [1.29, 1.82) is 0 Å². The van der Waals surface area contributed by atoms with Gasteiger partial charge in [-0.2, -0.15) is 0 Å². The number of aldehydes is 1. The predicted octanol–water partition coefficient (Wildman–Crippen LogP) is 4.22. The molecule has 0 bridgehead atoms. The zero-order valence-corrected chi connectivity index (χ0v) is 17.8. The molecule has 0 aliphatic carbocycles. The van der Waals surface area contributed by atoms with Crippen LogP contribution in [0.25, 0.3) is 0 Å². The van der Waals surface area contributed by atoms with Gasteiger partial charge in [-0.1, -0.05) is 66.2 Å². The molecule has 0 fully saturated rings. The summed E-state index contributed by atoms with van der Waals surface area (Å²) in [4.78, 5) is 23.9. The van der Waals surface area contributed by atoms with Gasteiger partial charge >= 0.3 is 0 Å². The van der Waals surface area contributed by atoms with Crippen LogP contribution in [0.1, 0.15) is 28.2 Å². The van der Waals surface area contributed by atoms with E-state index < -0.39 is 5.92 Å². The van der Waals surface area contributed by atoms with Crippen molar-refractivity contribution in [1.82, 2.24) is 5.32 Å². The SMILES string of the molecule is COc1cc(CCNC(=O)C(C=O)c2ccc(C)cc2)ccc1OCc1ccccc1. The first kappa shape index (κ1) is 22.1. The molecule has 0 aromatic heterocycles. The molecule has 160 valence electrons. The first-order valence-electron chi connectivity index (χ1n) is 10.2. The van der Waals surface area contributed by atoms with Crippen molar-refractivity contribution >= 4 is 12.2 Å². The Morgan fingerprint density at radius 3 is 2.39 bits per heavy atom. The molecule has 3 aromatic rings. The van der Waals surface area contributed by atoms with Gasteiger partial charge in [0, 0.05) is 6.54 Å². The highest BCUT2D eigenvalue weighted by Gasteiger charge is 2.19. The van der Waals surface area contributed by atoms with Gasteiger partial charge in [0.05, 0.1) is 7.11 Å². The molecule has 1 amide bonds. The van der Waals surface area contributed by atoms with E-state index in [1.165, 1.54) is 0 Å². The monoisotopic (exact) mass is 417 g/mol. The van der Waals surface area contributed by atoms with Crippen LogP contribution in [0.5, 0.6) is 11.5 Å². The molecule has 0 aliphatic rings. The third-order valence-electron chi connectivity index (χ3n) is 5.03. The molecule has 0 spiro atoms. The molecule has 31 heavy (non-hydrogen) atoms. The van der Waals surface area contributed by atoms with Crippen LogP contribution in [0.4, 0.5) is 0 Å². The maximum atomic E-state index is 12.5. The number of rotatable bonds is 10. The molecule has 5 nitrogen and oxygen atoms in total. The second kappa shape index (κ2) is 11.0. The summed E-state index contributed by atoms with van der Waals surface area (Å²) in [5.41, 5.74) is 3.86. The molecule has 1 unspecified atom stereocenters. The summed E-state index contributed by atoms with van der Waals surface area (Å²) in [5.74, 6) is 0.210. The minimum atomic E-state index is -0.802. The molecule has 5 heteroatoms. The predicted molar refractivity (Wildman–Crippen MR) is 120 cm³/mol. The number of ether oxygens (including phenoxy) is 2. The molecule has 0 radical (unpaired) electrons. The van der Waals surface area contributed by atoms with E-state index in [1.807, 2.05) is 79.7 Å². The largest absolute Gasteiger partial charge is 0.493 e. The van der Waals surface area contributed by atoms with Gasteiger partial charge in [0.2, 0.25) is 5.91 Å². The van der Waals surface area contributed by atoms with Crippen LogP contribution in [-0.2, 0) is 22.6 Å². The Balaban J connectivity index is 1.55. The molecule has 0 heterocycles. The lowest BCUT2D eigenvalue weighted by atomic mass is 9.98. The van der Waals surface area contributed by atoms with Crippen molar-refractivity contribution in [2.24, 2.45) is 0 Å². The molecule has 3 aromatic carbocycles. The number of hydrogen-bond donors (Lipinski definition) is 1. The molecule has 0 aliphatic heterocycles. The summed E-state index contributed by atoms with van der Waals surface area (Å²) < 4.78 is 11.3. The number of aryl methyl sites for hydroxylation is 1. The maximum absolute atomic E-state index is 12.5. The summed E-state index contributed by atoms with van der Waals surface area (Å²) in [7, 11) is 1.60. The maximum Gasteiger partial charge on any atom is 0.234 e.